The summed E-state index contributed by atoms with van der Waals surface area (Å²) in [4.78, 5) is 16.9. The van der Waals surface area contributed by atoms with Crippen molar-refractivity contribution in [2.45, 2.75) is 32.0 Å². The predicted octanol–water partition coefficient (Wildman–Crippen LogP) is 1.35. The third-order valence-corrected chi connectivity index (χ3v) is 4.41. The van der Waals surface area contributed by atoms with E-state index in [4.69, 9.17) is 4.74 Å². The average Bonchev–Trinajstić information content (AvgIpc) is 3.25. The second-order valence-electron chi connectivity index (χ2n) is 6.05. The van der Waals surface area contributed by atoms with Gasteiger partial charge in [-0.25, -0.2) is 4.98 Å². The monoisotopic (exact) mass is 325 g/mol. The van der Waals surface area contributed by atoms with Gasteiger partial charge in [0, 0.05) is 37.7 Å². The molecule has 0 aliphatic carbocycles. The summed E-state index contributed by atoms with van der Waals surface area (Å²) in [5, 5.41) is 10.4. The van der Waals surface area contributed by atoms with E-state index in [1.807, 2.05) is 25.1 Å². The van der Waals surface area contributed by atoms with Crippen LogP contribution in [-0.2, 0) is 11.3 Å². The van der Waals surface area contributed by atoms with Gasteiger partial charge < -0.3 is 10.1 Å². The highest BCUT2D eigenvalue weighted by Crippen LogP contribution is 2.27. The summed E-state index contributed by atoms with van der Waals surface area (Å²) in [5.41, 5.74) is 3.33. The van der Waals surface area contributed by atoms with E-state index in [1.165, 1.54) is 0 Å². The van der Waals surface area contributed by atoms with Crippen LogP contribution in [0, 0.1) is 6.92 Å². The van der Waals surface area contributed by atoms with Gasteiger partial charge in [0.1, 0.15) is 11.8 Å². The van der Waals surface area contributed by atoms with E-state index in [-0.39, 0.29) is 17.7 Å². The van der Waals surface area contributed by atoms with Gasteiger partial charge in [0.2, 0.25) is 0 Å². The molecule has 1 aliphatic rings. The van der Waals surface area contributed by atoms with Crippen molar-refractivity contribution in [2.75, 3.05) is 6.61 Å². The molecule has 0 amide bonds. The molecule has 3 aromatic rings. The van der Waals surface area contributed by atoms with Gasteiger partial charge >= 0.3 is 0 Å². The number of aromatic nitrogens is 4. The largest absolute Gasteiger partial charge is 0.370 e. The van der Waals surface area contributed by atoms with E-state index < -0.39 is 0 Å². The highest BCUT2D eigenvalue weighted by atomic mass is 16.5. The van der Waals surface area contributed by atoms with E-state index in [2.05, 4.69) is 20.5 Å². The maximum Gasteiger partial charge on any atom is 0.258 e. The third kappa shape index (κ3) is 2.72. The Morgan fingerprint density at radius 2 is 2.38 bits per heavy atom. The zero-order chi connectivity index (χ0) is 16.5. The number of ether oxygens (including phenoxy) is 1. The topological polar surface area (TPSA) is 84.3 Å². The number of H-pyrrole nitrogens is 1. The molecule has 7 heteroatoms. The van der Waals surface area contributed by atoms with E-state index in [9.17, 15) is 4.79 Å². The van der Waals surface area contributed by atoms with Gasteiger partial charge in [-0.15, -0.1) is 0 Å². The number of fused-ring (bicyclic) bond motifs is 1. The summed E-state index contributed by atoms with van der Waals surface area (Å²) in [7, 11) is 0. The number of hydrogen-bond donors (Lipinski definition) is 2. The molecule has 0 saturated carbocycles. The number of aromatic amines is 1. The number of hydrogen-bond acceptors (Lipinski definition) is 5. The number of nitrogens with zero attached hydrogens (tertiary/aromatic N) is 3. The molecule has 1 fully saturated rings. The fourth-order valence-corrected chi connectivity index (χ4v) is 3.17. The SMILES string of the molecule is Cc1cccn2c(=O)cc(CN[C@H]3CCO[C@@H]3c3ccn[nH]3)nc12. The van der Waals surface area contributed by atoms with E-state index in [1.54, 1.807) is 22.9 Å². The molecule has 3 aromatic heterocycles. The predicted molar refractivity (Wildman–Crippen MR) is 88.7 cm³/mol. The van der Waals surface area contributed by atoms with Crippen LogP contribution in [0.1, 0.15) is 29.5 Å². The van der Waals surface area contributed by atoms with Crippen molar-refractivity contribution >= 4 is 5.65 Å². The molecule has 1 aliphatic heterocycles. The molecule has 4 rings (SSSR count). The standard InChI is InChI=1S/C17H19N5O2/c1-11-3-2-7-22-15(23)9-12(20-17(11)22)10-18-13-5-8-24-16(13)14-4-6-19-21-14/h2-4,6-7,9,13,16,18H,5,8,10H2,1H3,(H,19,21)/t13-,16-/m0/s1. The molecule has 124 valence electrons. The van der Waals surface area contributed by atoms with Crippen molar-refractivity contribution in [2.24, 2.45) is 0 Å². The zero-order valence-corrected chi connectivity index (χ0v) is 13.4. The average molecular weight is 325 g/mol. The van der Waals surface area contributed by atoms with Gasteiger partial charge in [0.05, 0.1) is 11.4 Å². The summed E-state index contributed by atoms with van der Waals surface area (Å²) < 4.78 is 7.37. The van der Waals surface area contributed by atoms with Crippen LogP contribution in [0.4, 0.5) is 0 Å². The molecule has 4 heterocycles. The van der Waals surface area contributed by atoms with E-state index in [0.717, 1.165) is 23.4 Å². The fourth-order valence-electron chi connectivity index (χ4n) is 3.17. The smallest absolute Gasteiger partial charge is 0.258 e. The van der Waals surface area contributed by atoms with Gasteiger partial charge in [-0.3, -0.25) is 14.3 Å². The molecule has 0 unspecified atom stereocenters. The van der Waals surface area contributed by atoms with Crippen LogP contribution in [0.15, 0.2) is 41.5 Å². The summed E-state index contributed by atoms with van der Waals surface area (Å²) in [6.07, 6.45) is 4.34. The van der Waals surface area contributed by atoms with E-state index >= 15 is 0 Å². The van der Waals surface area contributed by atoms with Crippen LogP contribution in [-0.4, -0.2) is 32.2 Å². The molecule has 1 saturated heterocycles. The van der Waals surface area contributed by atoms with Crippen molar-refractivity contribution in [3.63, 3.8) is 0 Å². The maximum atomic E-state index is 12.3. The van der Waals surface area contributed by atoms with Gasteiger partial charge in [-0.1, -0.05) is 6.07 Å². The Morgan fingerprint density at radius 3 is 3.21 bits per heavy atom. The zero-order valence-electron chi connectivity index (χ0n) is 13.4. The Labute approximate surface area is 138 Å². The number of nitrogens with one attached hydrogen (secondary N) is 2. The lowest BCUT2D eigenvalue weighted by Crippen LogP contribution is -2.32. The Hall–Kier alpha value is -2.51. The first-order chi connectivity index (χ1) is 11.7. The van der Waals surface area contributed by atoms with Crippen molar-refractivity contribution in [1.82, 2.24) is 24.9 Å². The quantitative estimate of drug-likeness (QED) is 0.756. The minimum absolute atomic E-state index is 0.0456. The van der Waals surface area contributed by atoms with Crippen LogP contribution in [0.25, 0.3) is 5.65 Å². The van der Waals surface area contributed by atoms with Crippen molar-refractivity contribution in [1.29, 1.82) is 0 Å². The molecule has 0 aromatic carbocycles. The van der Waals surface area contributed by atoms with Crippen LogP contribution in [0.3, 0.4) is 0 Å². The number of pyridine rings is 1. The molecule has 0 bridgehead atoms. The first kappa shape index (κ1) is 15.0. The molecule has 0 spiro atoms. The van der Waals surface area contributed by atoms with Crippen LogP contribution < -0.4 is 10.9 Å². The third-order valence-electron chi connectivity index (χ3n) is 4.41. The Kier molecular flexibility index (Phi) is 3.87. The van der Waals surface area contributed by atoms with Crippen LogP contribution in [0.5, 0.6) is 0 Å². The molecule has 2 N–H and O–H groups in total. The van der Waals surface area contributed by atoms with Crippen molar-refractivity contribution < 1.29 is 4.74 Å². The minimum Gasteiger partial charge on any atom is -0.370 e. The summed E-state index contributed by atoms with van der Waals surface area (Å²) in [5.74, 6) is 0. The first-order valence-electron chi connectivity index (χ1n) is 8.04. The summed E-state index contributed by atoms with van der Waals surface area (Å²) in [6.45, 7) is 3.19. The lowest BCUT2D eigenvalue weighted by molar-refractivity contribution is 0.0950. The molecule has 24 heavy (non-hydrogen) atoms. The molecular formula is C17H19N5O2. The van der Waals surface area contributed by atoms with Gasteiger partial charge in [-0.2, -0.15) is 5.10 Å². The fraction of sp³-hybridized carbons (Fsp3) is 0.353. The summed E-state index contributed by atoms with van der Waals surface area (Å²) >= 11 is 0. The van der Waals surface area contributed by atoms with Gasteiger partial charge in [-0.05, 0) is 31.0 Å². The Morgan fingerprint density at radius 1 is 1.46 bits per heavy atom. The van der Waals surface area contributed by atoms with Crippen LogP contribution in [0.2, 0.25) is 0 Å². The second kappa shape index (κ2) is 6.18. The molecule has 2 atom stereocenters. The lowest BCUT2D eigenvalue weighted by atomic mass is 10.1. The molecular weight excluding hydrogens is 306 g/mol. The normalized spacial score (nSPS) is 20.7. The first-order valence-corrected chi connectivity index (χ1v) is 8.04. The lowest BCUT2D eigenvalue weighted by Gasteiger charge is -2.18. The molecule has 0 radical (unpaired) electrons. The number of aryl methyl sites for hydroxylation is 1. The highest BCUT2D eigenvalue weighted by molar-refractivity contribution is 5.46. The van der Waals surface area contributed by atoms with Crippen molar-refractivity contribution in [3.8, 4) is 0 Å². The maximum absolute atomic E-state index is 12.3. The number of rotatable bonds is 4. The highest BCUT2D eigenvalue weighted by Gasteiger charge is 2.30. The van der Waals surface area contributed by atoms with Crippen molar-refractivity contribution in [3.05, 3.63) is 64.0 Å². The summed E-state index contributed by atoms with van der Waals surface area (Å²) in [6, 6.07) is 7.49. The van der Waals surface area contributed by atoms with Crippen LogP contribution >= 0.6 is 0 Å². The Balaban J connectivity index is 1.55. The Bertz CT molecular complexity index is 903. The van der Waals surface area contributed by atoms with E-state index in [0.29, 0.717) is 18.8 Å². The van der Waals surface area contributed by atoms with Gasteiger partial charge in [0.25, 0.3) is 5.56 Å². The molecule has 7 nitrogen and oxygen atoms in total. The second-order valence-corrected chi connectivity index (χ2v) is 6.05. The van der Waals surface area contributed by atoms with Gasteiger partial charge in [0.15, 0.2) is 0 Å². The minimum atomic E-state index is -0.0618.